The van der Waals surface area contributed by atoms with Gasteiger partial charge < -0.3 is 10.0 Å². The van der Waals surface area contributed by atoms with E-state index < -0.39 is 27.7 Å². The van der Waals surface area contributed by atoms with Crippen molar-refractivity contribution < 1.29 is 22.7 Å². The van der Waals surface area contributed by atoms with Crippen LogP contribution in [0.25, 0.3) is 0 Å². The highest BCUT2D eigenvalue weighted by Gasteiger charge is 2.41. The van der Waals surface area contributed by atoms with E-state index in [9.17, 15) is 22.7 Å². The van der Waals surface area contributed by atoms with E-state index in [1.54, 1.807) is 0 Å². The molecule has 2 aromatic rings. The van der Waals surface area contributed by atoms with Crippen molar-refractivity contribution in [3.05, 3.63) is 66.0 Å². The van der Waals surface area contributed by atoms with Crippen LogP contribution in [0.1, 0.15) is 56.4 Å². The van der Waals surface area contributed by atoms with Crippen LogP contribution in [-0.4, -0.2) is 73.8 Å². The number of carboxylic acid groups (broad SMARTS) is 1. The van der Waals surface area contributed by atoms with Crippen LogP contribution in [0.5, 0.6) is 0 Å². The predicted octanol–water partition coefficient (Wildman–Crippen LogP) is 5.06. The first-order valence-corrected chi connectivity index (χ1v) is 16.2. The summed E-state index contributed by atoms with van der Waals surface area (Å²) < 4.78 is 38.6. The van der Waals surface area contributed by atoms with Crippen LogP contribution in [0, 0.1) is 23.6 Å². The normalized spacial score (nSPS) is 24.4. The number of nitrogens with zero attached hydrogens (tertiary/aromatic N) is 2. The number of halogens is 1. The Kier molecular flexibility index (Phi) is 9.04. The first-order chi connectivity index (χ1) is 18.8. The Hall–Kier alpha value is -2.29. The maximum Gasteiger partial charge on any atom is 0.320 e. The molecule has 3 aliphatic rings. The summed E-state index contributed by atoms with van der Waals surface area (Å²) in [5, 5.41) is 10.1. The molecule has 6 nitrogen and oxygen atoms in total. The van der Waals surface area contributed by atoms with Gasteiger partial charge in [0.2, 0.25) is 0 Å². The molecule has 0 radical (unpaired) electrons. The third kappa shape index (κ3) is 7.08. The molecular formula is C31H41FN2O4S. The van der Waals surface area contributed by atoms with Gasteiger partial charge in [0.05, 0.1) is 10.6 Å². The highest BCUT2D eigenvalue weighted by atomic mass is 32.2. The van der Waals surface area contributed by atoms with E-state index in [1.165, 1.54) is 36.2 Å². The van der Waals surface area contributed by atoms with Crippen LogP contribution in [0.2, 0.25) is 0 Å². The summed E-state index contributed by atoms with van der Waals surface area (Å²) in [6, 6.07) is 15.2. The number of rotatable bonds is 11. The fourth-order valence-electron chi connectivity index (χ4n) is 6.74. The van der Waals surface area contributed by atoms with Gasteiger partial charge >= 0.3 is 5.97 Å². The van der Waals surface area contributed by atoms with Gasteiger partial charge in [-0.15, -0.1) is 0 Å². The van der Waals surface area contributed by atoms with E-state index in [-0.39, 0.29) is 10.6 Å². The van der Waals surface area contributed by atoms with Gasteiger partial charge in [0.15, 0.2) is 9.84 Å². The zero-order valence-electron chi connectivity index (χ0n) is 22.6. The van der Waals surface area contributed by atoms with Crippen LogP contribution >= 0.6 is 0 Å². The molecule has 0 aromatic heterocycles. The van der Waals surface area contributed by atoms with Crippen molar-refractivity contribution >= 4 is 15.8 Å². The Labute approximate surface area is 232 Å². The molecule has 1 N–H and O–H groups in total. The second-order valence-electron chi connectivity index (χ2n) is 11.9. The lowest BCUT2D eigenvalue weighted by atomic mass is 9.80. The summed E-state index contributed by atoms with van der Waals surface area (Å²) in [6.07, 6.45) is 6.84. The largest absolute Gasteiger partial charge is 0.480 e. The Morgan fingerprint density at radius 1 is 0.949 bits per heavy atom. The summed E-state index contributed by atoms with van der Waals surface area (Å²) in [4.78, 5) is 17.2. The summed E-state index contributed by atoms with van der Waals surface area (Å²) >= 11 is 0. The van der Waals surface area contributed by atoms with Gasteiger partial charge in [0, 0.05) is 25.6 Å². The zero-order valence-corrected chi connectivity index (χ0v) is 23.4. The van der Waals surface area contributed by atoms with Crippen molar-refractivity contribution in [3.63, 3.8) is 0 Å². The lowest BCUT2D eigenvalue weighted by Gasteiger charge is -2.35. The van der Waals surface area contributed by atoms with E-state index in [1.807, 2.05) is 6.07 Å². The molecule has 1 aliphatic carbocycles. The molecule has 3 unspecified atom stereocenters. The molecule has 0 spiro atoms. The summed E-state index contributed by atoms with van der Waals surface area (Å²) in [7, 11) is -3.41. The molecule has 3 fully saturated rings. The number of carbonyl (C=O) groups is 1. The monoisotopic (exact) mass is 556 g/mol. The van der Waals surface area contributed by atoms with Gasteiger partial charge in [-0.25, -0.2) is 12.8 Å². The number of hydrogen-bond donors (Lipinski definition) is 1. The fourth-order valence-corrected chi connectivity index (χ4v) is 8.17. The van der Waals surface area contributed by atoms with Gasteiger partial charge in [0.1, 0.15) is 11.9 Å². The van der Waals surface area contributed by atoms with Crippen molar-refractivity contribution in [2.45, 2.75) is 61.8 Å². The summed E-state index contributed by atoms with van der Waals surface area (Å²) in [5.41, 5.74) is 1.29. The first-order valence-electron chi connectivity index (χ1n) is 14.5. The highest BCUT2D eigenvalue weighted by Crippen LogP contribution is 2.38. The van der Waals surface area contributed by atoms with Crippen LogP contribution in [0.15, 0.2) is 59.5 Å². The van der Waals surface area contributed by atoms with E-state index in [0.29, 0.717) is 30.1 Å². The highest BCUT2D eigenvalue weighted by molar-refractivity contribution is 7.91. The summed E-state index contributed by atoms with van der Waals surface area (Å²) in [5.74, 6) is 0.559. The van der Waals surface area contributed by atoms with Crippen molar-refractivity contribution in [3.8, 4) is 0 Å². The van der Waals surface area contributed by atoms with Gasteiger partial charge in [-0.1, -0.05) is 49.6 Å². The maximum atomic E-state index is 13.2. The smallest absolute Gasteiger partial charge is 0.320 e. The van der Waals surface area contributed by atoms with Crippen molar-refractivity contribution in [2.75, 3.05) is 38.5 Å². The predicted molar refractivity (Wildman–Crippen MR) is 150 cm³/mol. The lowest BCUT2D eigenvalue weighted by Crippen LogP contribution is -2.43. The average molecular weight is 557 g/mol. The lowest BCUT2D eigenvalue weighted by molar-refractivity contribution is -0.144. The third-order valence-corrected chi connectivity index (χ3v) is 11.1. The Balaban J connectivity index is 1.17. The minimum atomic E-state index is -3.41. The molecule has 2 heterocycles. The van der Waals surface area contributed by atoms with Crippen LogP contribution in [0.4, 0.5) is 4.39 Å². The number of benzene rings is 2. The van der Waals surface area contributed by atoms with E-state index in [0.717, 1.165) is 64.8 Å². The standard InChI is InChI=1S/C31H41FN2O4S/c32-27-9-11-28(12-10-27)39(37,38)18-15-23-13-16-33(17-14-23)20-26-21-34(22-29(26)25-7-2-1-3-8-25)30(31(35)36)19-24-5-4-6-24/h1-3,7-12,23-24,26,29-30H,4-6,13-22H2,(H,35,36). The molecule has 8 heteroatoms. The van der Waals surface area contributed by atoms with Crippen molar-refractivity contribution in [1.82, 2.24) is 9.80 Å². The van der Waals surface area contributed by atoms with Crippen molar-refractivity contribution in [1.29, 1.82) is 0 Å². The molecule has 2 aliphatic heterocycles. The Morgan fingerprint density at radius 3 is 2.26 bits per heavy atom. The minimum absolute atomic E-state index is 0.0918. The first kappa shape index (κ1) is 28.2. The van der Waals surface area contributed by atoms with Gasteiger partial charge in [-0.05, 0) is 86.4 Å². The Morgan fingerprint density at radius 2 is 1.64 bits per heavy atom. The number of aliphatic carboxylic acids is 1. The second-order valence-corrected chi connectivity index (χ2v) is 14.0. The molecule has 1 saturated carbocycles. The van der Waals surface area contributed by atoms with Gasteiger partial charge in [-0.2, -0.15) is 0 Å². The van der Waals surface area contributed by atoms with E-state index in [2.05, 4.69) is 34.1 Å². The number of piperidine rings is 1. The zero-order chi connectivity index (χ0) is 27.4. The van der Waals surface area contributed by atoms with E-state index in [4.69, 9.17) is 0 Å². The molecule has 212 valence electrons. The maximum absolute atomic E-state index is 13.2. The van der Waals surface area contributed by atoms with Gasteiger partial charge in [-0.3, -0.25) is 9.69 Å². The molecule has 0 amide bonds. The Bertz CT molecular complexity index is 1190. The molecule has 5 rings (SSSR count). The topological polar surface area (TPSA) is 77.9 Å². The number of likely N-dealkylation sites (tertiary alicyclic amines) is 2. The quantitative estimate of drug-likeness (QED) is 0.390. The van der Waals surface area contributed by atoms with Crippen LogP contribution in [-0.2, 0) is 14.6 Å². The second kappa shape index (κ2) is 12.5. The minimum Gasteiger partial charge on any atom is -0.480 e. The number of carboxylic acids is 1. The SMILES string of the molecule is O=C(O)C(CC1CCC1)N1CC(CN2CCC(CCS(=O)(=O)c3ccc(F)cc3)CC2)C(c2ccccc2)C1. The fraction of sp³-hybridized carbons (Fsp3) is 0.581. The van der Waals surface area contributed by atoms with Crippen LogP contribution in [0.3, 0.4) is 0 Å². The average Bonchev–Trinajstić information content (AvgIpc) is 3.31. The third-order valence-electron chi connectivity index (χ3n) is 9.37. The number of hydrogen-bond acceptors (Lipinski definition) is 5. The van der Waals surface area contributed by atoms with Crippen molar-refractivity contribution in [2.24, 2.45) is 17.8 Å². The molecule has 2 saturated heterocycles. The molecule has 39 heavy (non-hydrogen) atoms. The van der Waals surface area contributed by atoms with Crippen LogP contribution < -0.4 is 0 Å². The molecule has 2 aromatic carbocycles. The van der Waals surface area contributed by atoms with E-state index >= 15 is 0 Å². The molecular weight excluding hydrogens is 515 g/mol. The molecule has 3 atom stereocenters. The molecule has 0 bridgehead atoms. The van der Waals surface area contributed by atoms with Gasteiger partial charge in [0.25, 0.3) is 0 Å². The summed E-state index contributed by atoms with van der Waals surface area (Å²) in [6.45, 7) is 4.40. The number of sulfone groups is 1.